The summed E-state index contributed by atoms with van der Waals surface area (Å²) < 4.78 is 42.1. The highest BCUT2D eigenvalue weighted by Gasteiger charge is 2.33. The van der Waals surface area contributed by atoms with E-state index in [0.29, 0.717) is 49.3 Å². The zero-order chi connectivity index (χ0) is 26.6. The molecule has 1 aliphatic rings. The highest BCUT2D eigenvalue weighted by atomic mass is 19.4. The number of imidazole rings is 1. The number of piperidine rings is 1. The molecule has 2 heterocycles. The number of nitro benzene ring substituents is 1. The number of carbonyl (C=O) groups excluding carboxylic acids is 1. The van der Waals surface area contributed by atoms with Crippen LogP contribution < -0.4 is 0 Å². The molecule has 194 valence electrons. The monoisotopic (exact) mass is 512 g/mol. The van der Waals surface area contributed by atoms with Crippen LogP contribution in [0.3, 0.4) is 0 Å². The Labute approximate surface area is 212 Å². The fraction of sp³-hybridized carbons (Fsp3) is 0.333. The first-order valence-electron chi connectivity index (χ1n) is 12.1. The molecule has 1 aromatic heterocycles. The first kappa shape index (κ1) is 26.1. The minimum atomic E-state index is -4.43. The summed E-state index contributed by atoms with van der Waals surface area (Å²) >= 11 is 0. The summed E-state index contributed by atoms with van der Waals surface area (Å²) in [5, 5.41) is 11.1. The van der Waals surface area contributed by atoms with Gasteiger partial charge in [-0.3, -0.25) is 14.9 Å². The van der Waals surface area contributed by atoms with E-state index >= 15 is 0 Å². The van der Waals surface area contributed by atoms with Crippen LogP contribution in [0, 0.1) is 10.1 Å². The van der Waals surface area contributed by atoms with E-state index in [1.165, 1.54) is 24.3 Å². The number of aromatic nitrogens is 2. The van der Waals surface area contributed by atoms with Crippen molar-refractivity contribution in [3.63, 3.8) is 0 Å². The maximum absolute atomic E-state index is 13.4. The number of halogens is 3. The van der Waals surface area contributed by atoms with E-state index in [4.69, 9.17) is 0 Å². The van der Waals surface area contributed by atoms with Crippen LogP contribution in [0.4, 0.5) is 18.9 Å². The first-order chi connectivity index (χ1) is 17.7. The number of non-ortho nitro benzene ring substituents is 1. The van der Waals surface area contributed by atoms with Crippen LogP contribution in [0.1, 0.15) is 54.6 Å². The summed E-state index contributed by atoms with van der Waals surface area (Å²) in [6.07, 6.45) is 2.29. The number of carbonyl (C=O) groups is 1. The standard InChI is InChI=1S/C27H27F3N4O3/c1-2-20(16-19-6-5-8-23(17-19)34(36)37)26(35)32-13-10-21(11-14-32)25-31-12-15-33(25)18-22-7-3-4-9-24(22)27(28,29)30/h3-9,12,15-17,21H,2,10-11,13-14,18H2,1H3. The molecule has 4 rings (SSSR count). The van der Waals surface area contributed by atoms with Crippen molar-refractivity contribution in [3.05, 3.63) is 99.1 Å². The lowest BCUT2D eigenvalue weighted by molar-refractivity contribution is -0.384. The number of hydrogen-bond acceptors (Lipinski definition) is 4. The molecular weight excluding hydrogens is 485 g/mol. The van der Waals surface area contributed by atoms with Gasteiger partial charge in [0, 0.05) is 55.7 Å². The third kappa shape index (κ3) is 6.07. The van der Waals surface area contributed by atoms with Crippen LogP contribution in [-0.2, 0) is 17.5 Å². The predicted octanol–water partition coefficient (Wildman–Crippen LogP) is 6.06. The number of rotatable bonds is 7. The zero-order valence-corrected chi connectivity index (χ0v) is 20.3. The molecule has 0 aliphatic carbocycles. The molecule has 37 heavy (non-hydrogen) atoms. The van der Waals surface area contributed by atoms with Crippen molar-refractivity contribution in [2.45, 2.75) is 44.8 Å². The van der Waals surface area contributed by atoms with Crippen LogP contribution in [0.2, 0.25) is 0 Å². The SMILES string of the molecule is CCC(=Cc1cccc([N+](=O)[O-])c1)C(=O)N1CCC(c2nccn2Cc2ccccc2C(F)(F)F)CC1. The molecule has 0 atom stereocenters. The van der Waals surface area contributed by atoms with Gasteiger partial charge in [-0.05, 0) is 42.5 Å². The molecule has 0 spiro atoms. The van der Waals surface area contributed by atoms with Gasteiger partial charge in [0.15, 0.2) is 0 Å². The lowest BCUT2D eigenvalue weighted by Gasteiger charge is -2.32. The molecule has 2 aromatic carbocycles. The quantitative estimate of drug-likeness (QED) is 0.219. The Bertz CT molecular complexity index is 1310. The molecule has 1 aliphatic heterocycles. The van der Waals surface area contributed by atoms with Crippen LogP contribution in [-0.4, -0.2) is 38.4 Å². The summed E-state index contributed by atoms with van der Waals surface area (Å²) in [7, 11) is 0. The average molecular weight is 513 g/mol. The van der Waals surface area contributed by atoms with Gasteiger partial charge in [0.25, 0.3) is 5.69 Å². The Morgan fingerprint density at radius 3 is 2.57 bits per heavy atom. The number of benzene rings is 2. The molecule has 0 N–H and O–H groups in total. The Hall–Kier alpha value is -3.95. The molecule has 0 saturated carbocycles. The Morgan fingerprint density at radius 1 is 1.16 bits per heavy atom. The smallest absolute Gasteiger partial charge is 0.339 e. The van der Waals surface area contributed by atoms with E-state index in [1.54, 1.807) is 46.1 Å². The fourth-order valence-corrected chi connectivity index (χ4v) is 4.72. The van der Waals surface area contributed by atoms with Crippen molar-refractivity contribution >= 4 is 17.7 Å². The molecule has 1 amide bonds. The predicted molar refractivity (Wildman–Crippen MR) is 133 cm³/mol. The summed E-state index contributed by atoms with van der Waals surface area (Å²) in [5.74, 6) is 0.616. The summed E-state index contributed by atoms with van der Waals surface area (Å²) in [6, 6.07) is 11.7. The van der Waals surface area contributed by atoms with E-state index < -0.39 is 16.7 Å². The van der Waals surface area contributed by atoms with Gasteiger partial charge in [-0.25, -0.2) is 4.98 Å². The van der Waals surface area contributed by atoms with Crippen molar-refractivity contribution in [1.29, 1.82) is 0 Å². The van der Waals surface area contributed by atoms with Gasteiger partial charge in [-0.15, -0.1) is 0 Å². The number of nitrogens with zero attached hydrogens (tertiary/aromatic N) is 4. The van der Waals surface area contributed by atoms with Crippen LogP contribution in [0.5, 0.6) is 0 Å². The summed E-state index contributed by atoms with van der Waals surface area (Å²) in [5.41, 5.74) is 0.643. The number of hydrogen-bond donors (Lipinski definition) is 0. The Balaban J connectivity index is 1.44. The molecule has 1 fully saturated rings. The van der Waals surface area contributed by atoms with Crippen molar-refractivity contribution in [3.8, 4) is 0 Å². The lowest BCUT2D eigenvalue weighted by Crippen LogP contribution is -2.39. The Morgan fingerprint density at radius 2 is 1.89 bits per heavy atom. The first-order valence-corrected chi connectivity index (χ1v) is 12.1. The lowest BCUT2D eigenvalue weighted by atomic mass is 9.94. The molecular formula is C27H27F3N4O3. The minimum Gasteiger partial charge on any atom is -0.339 e. The molecule has 0 bridgehead atoms. The van der Waals surface area contributed by atoms with Crippen molar-refractivity contribution in [2.24, 2.45) is 0 Å². The molecule has 0 radical (unpaired) electrons. The third-order valence-corrected chi connectivity index (χ3v) is 6.64. The zero-order valence-electron chi connectivity index (χ0n) is 20.3. The molecule has 3 aromatic rings. The molecule has 0 unspecified atom stereocenters. The largest absolute Gasteiger partial charge is 0.416 e. The van der Waals surface area contributed by atoms with Gasteiger partial charge in [0.05, 0.1) is 10.5 Å². The summed E-state index contributed by atoms with van der Waals surface area (Å²) in [4.78, 5) is 30.0. The van der Waals surface area contributed by atoms with Gasteiger partial charge < -0.3 is 9.47 Å². The third-order valence-electron chi connectivity index (χ3n) is 6.64. The number of amides is 1. The summed E-state index contributed by atoms with van der Waals surface area (Å²) in [6.45, 7) is 2.91. The number of nitro groups is 1. The van der Waals surface area contributed by atoms with Crippen LogP contribution in [0.25, 0.3) is 6.08 Å². The number of likely N-dealkylation sites (tertiary alicyclic amines) is 1. The molecule has 1 saturated heterocycles. The van der Waals surface area contributed by atoms with Crippen LogP contribution in [0.15, 0.2) is 66.5 Å². The average Bonchev–Trinajstić information content (AvgIpc) is 3.35. The van der Waals surface area contributed by atoms with Gasteiger partial charge in [-0.2, -0.15) is 13.2 Å². The second kappa shape index (κ2) is 11.0. The van der Waals surface area contributed by atoms with Gasteiger partial charge >= 0.3 is 6.18 Å². The normalized spacial score (nSPS) is 15.1. The highest BCUT2D eigenvalue weighted by Crippen LogP contribution is 2.33. The fourth-order valence-electron chi connectivity index (χ4n) is 4.72. The van der Waals surface area contributed by atoms with Gasteiger partial charge in [0.2, 0.25) is 5.91 Å². The van der Waals surface area contributed by atoms with E-state index in [1.807, 2.05) is 6.92 Å². The molecule has 7 nitrogen and oxygen atoms in total. The van der Waals surface area contributed by atoms with E-state index in [9.17, 15) is 28.1 Å². The Kier molecular flexibility index (Phi) is 7.75. The van der Waals surface area contributed by atoms with Gasteiger partial charge in [0.1, 0.15) is 5.82 Å². The molecule has 10 heteroatoms. The second-order valence-corrected chi connectivity index (χ2v) is 9.01. The van der Waals surface area contributed by atoms with Crippen molar-refractivity contribution in [1.82, 2.24) is 14.5 Å². The maximum Gasteiger partial charge on any atom is 0.416 e. The minimum absolute atomic E-state index is 0.0166. The topological polar surface area (TPSA) is 81.3 Å². The van der Waals surface area contributed by atoms with E-state index in [-0.39, 0.29) is 29.6 Å². The van der Waals surface area contributed by atoms with Crippen molar-refractivity contribution < 1.29 is 22.9 Å². The van der Waals surface area contributed by atoms with E-state index in [2.05, 4.69) is 4.98 Å². The van der Waals surface area contributed by atoms with Gasteiger partial charge in [-0.1, -0.05) is 37.3 Å². The van der Waals surface area contributed by atoms with E-state index in [0.717, 1.165) is 6.07 Å². The second-order valence-electron chi connectivity index (χ2n) is 9.01. The van der Waals surface area contributed by atoms with Crippen molar-refractivity contribution in [2.75, 3.05) is 13.1 Å². The number of alkyl halides is 3. The highest BCUT2D eigenvalue weighted by molar-refractivity contribution is 5.97. The maximum atomic E-state index is 13.4. The van der Waals surface area contributed by atoms with Crippen LogP contribution >= 0.6 is 0 Å².